The van der Waals surface area contributed by atoms with Gasteiger partial charge in [0, 0.05) is 24.4 Å². The average Bonchev–Trinajstić information content (AvgIpc) is 3.30. The summed E-state index contributed by atoms with van der Waals surface area (Å²) in [5.41, 5.74) is -0.246. The van der Waals surface area contributed by atoms with Gasteiger partial charge >= 0.3 is 6.18 Å². The highest BCUT2D eigenvalue weighted by atomic mass is 35.5. The van der Waals surface area contributed by atoms with E-state index in [4.69, 9.17) is 21.1 Å². The van der Waals surface area contributed by atoms with Crippen LogP contribution < -0.4 is 14.4 Å². The number of aromatic nitrogens is 2. The zero-order chi connectivity index (χ0) is 21.6. The Hall–Kier alpha value is -3.20. The number of nitrogens with zero attached hydrogens (tertiary/aromatic N) is 3. The van der Waals surface area contributed by atoms with Crippen molar-refractivity contribution in [3.8, 4) is 17.2 Å². The number of alkyl halides is 3. The smallest absolute Gasteiger partial charge is 0.434 e. The number of carbonyl (C=O) groups excluding carboxylic acids is 1. The van der Waals surface area contributed by atoms with E-state index in [1.807, 2.05) is 0 Å². The van der Waals surface area contributed by atoms with E-state index < -0.39 is 22.8 Å². The van der Waals surface area contributed by atoms with Gasteiger partial charge in [-0.2, -0.15) is 18.3 Å². The van der Waals surface area contributed by atoms with E-state index in [9.17, 15) is 18.0 Å². The van der Waals surface area contributed by atoms with Gasteiger partial charge < -0.3 is 14.4 Å². The van der Waals surface area contributed by atoms with Gasteiger partial charge in [0.05, 0.1) is 16.4 Å². The summed E-state index contributed by atoms with van der Waals surface area (Å²) in [5.74, 6) is 0.670. The van der Waals surface area contributed by atoms with E-state index in [1.54, 1.807) is 25.2 Å². The molecule has 4 rings (SSSR count). The van der Waals surface area contributed by atoms with Gasteiger partial charge in [0.15, 0.2) is 17.2 Å². The minimum Gasteiger partial charge on any atom is -0.454 e. The fourth-order valence-electron chi connectivity index (χ4n) is 3.12. The standard InChI is InChI=1S/C20H15ClF3N3O3/c1-11-17(21)18(20(22,23)24)27(25-11)14-5-3-4-12(8-14)19(28)26(2)13-6-7-15-16(9-13)30-10-29-15/h3-9H,10H2,1-2H3. The lowest BCUT2D eigenvalue weighted by molar-refractivity contribution is -0.142. The Kier molecular flexibility index (Phi) is 4.85. The molecule has 156 valence electrons. The molecular weight excluding hydrogens is 423 g/mol. The van der Waals surface area contributed by atoms with Crippen LogP contribution in [0.2, 0.25) is 5.02 Å². The van der Waals surface area contributed by atoms with E-state index >= 15 is 0 Å². The average molecular weight is 438 g/mol. The topological polar surface area (TPSA) is 56.6 Å². The lowest BCUT2D eigenvalue weighted by Gasteiger charge is -2.18. The number of halogens is 4. The minimum absolute atomic E-state index is 0.0400. The van der Waals surface area contributed by atoms with Crippen molar-refractivity contribution in [2.45, 2.75) is 13.1 Å². The van der Waals surface area contributed by atoms with Crippen molar-refractivity contribution >= 4 is 23.2 Å². The molecule has 0 aliphatic carbocycles. The van der Waals surface area contributed by atoms with Gasteiger partial charge in [0.25, 0.3) is 5.91 Å². The molecule has 10 heteroatoms. The Morgan fingerprint density at radius 2 is 1.90 bits per heavy atom. The van der Waals surface area contributed by atoms with Crippen LogP contribution in [0.1, 0.15) is 21.7 Å². The number of ether oxygens (including phenoxy) is 2. The largest absolute Gasteiger partial charge is 0.454 e. The molecule has 6 nitrogen and oxygen atoms in total. The van der Waals surface area contributed by atoms with Crippen molar-refractivity contribution in [3.63, 3.8) is 0 Å². The molecule has 1 aliphatic heterocycles. The van der Waals surface area contributed by atoms with Crippen LogP contribution in [0.3, 0.4) is 0 Å². The van der Waals surface area contributed by atoms with Gasteiger partial charge in [-0.15, -0.1) is 0 Å². The molecule has 0 bridgehead atoms. The molecule has 0 radical (unpaired) electrons. The lowest BCUT2D eigenvalue weighted by Crippen LogP contribution is -2.26. The molecule has 0 fully saturated rings. The van der Waals surface area contributed by atoms with Gasteiger partial charge in [-0.3, -0.25) is 4.79 Å². The lowest BCUT2D eigenvalue weighted by atomic mass is 10.1. The first-order chi connectivity index (χ1) is 14.2. The van der Waals surface area contributed by atoms with Gasteiger partial charge in [-0.25, -0.2) is 4.68 Å². The fraction of sp³-hybridized carbons (Fsp3) is 0.200. The molecule has 0 saturated heterocycles. The zero-order valence-corrected chi connectivity index (χ0v) is 16.6. The Bertz CT molecular complexity index is 1140. The van der Waals surface area contributed by atoms with Gasteiger partial charge in [0.1, 0.15) is 0 Å². The van der Waals surface area contributed by atoms with E-state index in [1.165, 1.54) is 36.1 Å². The number of aryl methyl sites for hydroxylation is 1. The SMILES string of the molecule is Cc1nn(-c2cccc(C(=O)N(C)c3ccc4c(c3)OCO4)c2)c(C(F)(F)F)c1Cl. The van der Waals surface area contributed by atoms with E-state index in [2.05, 4.69) is 5.10 Å². The van der Waals surface area contributed by atoms with Gasteiger partial charge in [-0.05, 0) is 37.3 Å². The normalized spacial score (nSPS) is 12.9. The molecule has 1 aromatic heterocycles. The van der Waals surface area contributed by atoms with Crippen molar-refractivity contribution in [2.75, 3.05) is 18.7 Å². The summed E-state index contributed by atoms with van der Waals surface area (Å²) < 4.78 is 51.7. The van der Waals surface area contributed by atoms with Crippen molar-refractivity contribution in [2.24, 2.45) is 0 Å². The van der Waals surface area contributed by atoms with Crippen molar-refractivity contribution < 1.29 is 27.4 Å². The quantitative estimate of drug-likeness (QED) is 0.587. The molecular formula is C20H15ClF3N3O3. The highest BCUT2D eigenvalue weighted by Gasteiger charge is 2.39. The molecule has 0 spiro atoms. The molecule has 0 saturated carbocycles. The third-order valence-electron chi connectivity index (χ3n) is 4.64. The number of benzene rings is 2. The van der Waals surface area contributed by atoms with Crippen LogP contribution in [0.15, 0.2) is 42.5 Å². The Labute approximate surface area is 174 Å². The summed E-state index contributed by atoms with van der Waals surface area (Å²) in [6, 6.07) is 10.8. The first kappa shape index (κ1) is 20.1. The highest BCUT2D eigenvalue weighted by Crippen LogP contribution is 2.38. The third kappa shape index (κ3) is 3.45. The molecule has 3 aromatic rings. The van der Waals surface area contributed by atoms with Crippen molar-refractivity contribution in [3.05, 3.63) is 64.4 Å². The first-order valence-electron chi connectivity index (χ1n) is 8.77. The number of carbonyl (C=O) groups is 1. The Balaban J connectivity index is 1.69. The second-order valence-electron chi connectivity index (χ2n) is 6.61. The van der Waals surface area contributed by atoms with Gasteiger partial charge in [0.2, 0.25) is 6.79 Å². The predicted molar refractivity (Wildman–Crippen MR) is 104 cm³/mol. The van der Waals surface area contributed by atoms with Crippen LogP contribution in [0.25, 0.3) is 5.69 Å². The molecule has 0 atom stereocenters. The maximum absolute atomic E-state index is 13.5. The molecule has 2 heterocycles. The number of anilines is 1. The van der Waals surface area contributed by atoms with Crippen molar-refractivity contribution in [1.29, 1.82) is 0 Å². The monoisotopic (exact) mass is 437 g/mol. The van der Waals surface area contributed by atoms with Crippen LogP contribution in [0, 0.1) is 6.92 Å². The number of fused-ring (bicyclic) bond motifs is 1. The second-order valence-corrected chi connectivity index (χ2v) is 6.99. The first-order valence-corrected chi connectivity index (χ1v) is 9.15. The summed E-state index contributed by atoms with van der Waals surface area (Å²) in [7, 11) is 1.56. The summed E-state index contributed by atoms with van der Waals surface area (Å²) >= 11 is 5.83. The molecule has 0 unspecified atom stereocenters. The van der Waals surface area contributed by atoms with Crippen LogP contribution in [0.4, 0.5) is 18.9 Å². The maximum atomic E-state index is 13.5. The summed E-state index contributed by atoms with van der Waals surface area (Å²) in [4.78, 5) is 14.3. The van der Waals surface area contributed by atoms with Crippen molar-refractivity contribution in [1.82, 2.24) is 9.78 Å². The molecule has 1 amide bonds. The Morgan fingerprint density at radius 3 is 2.63 bits per heavy atom. The van der Waals surface area contributed by atoms with Crippen LogP contribution in [-0.2, 0) is 6.18 Å². The Morgan fingerprint density at radius 1 is 1.17 bits per heavy atom. The van der Waals surface area contributed by atoms with E-state index in [0.717, 1.165) is 0 Å². The number of rotatable bonds is 3. The predicted octanol–water partition coefficient (Wildman–Crippen LogP) is 4.86. The van der Waals surface area contributed by atoms with E-state index in [0.29, 0.717) is 21.9 Å². The molecule has 0 N–H and O–H groups in total. The maximum Gasteiger partial charge on any atom is 0.434 e. The molecule has 2 aromatic carbocycles. The van der Waals surface area contributed by atoms with Crippen LogP contribution in [0.5, 0.6) is 11.5 Å². The summed E-state index contributed by atoms with van der Waals surface area (Å²) in [6.45, 7) is 1.49. The van der Waals surface area contributed by atoms with Crippen LogP contribution >= 0.6 is 11.6 Å². The number of amides is 1. The number of hydrogen-bond acceptors (Lipinski definition) is 4. The summed E-state index contributed by atoms with van der Waals surface area (Å²) in [6.07, 6.45) is -4.71. The van der Waals surface area contributed by atoms with Gasteiger partial charge in [-0.1, -0.05) is 17.7 Å². The minimum atomic E-state index is -4.71. The fourth-order valence-corrected chi connectivity index (χ4v) is 3.34. The van der Waals surface area contributed by atoms with Crippen LogP contribution in [-0.4, -0.2) is 29.5 Å². The molecule has 1 aliphatic rings. The van der Waals surface area contributed by atoms with E-state index in [-0.39, 0.29) is 23.7 Å². The number of hydrogen-bond donors (Lipinski definition) is 0. The third-order valence-corrected chi connectivity index (χ3v) is 5.09. The second kappa shape index (κ2) is 7.24. The molecule has 30 heavy (non-hydrogen) atoms. The zero-order valence-electron chi connectivity index (χ0n) is 15.8. The summed E-state index contributed by atoms with van der Waals surface area (Å²) in [5, 5.41) is 3.42. The highest BCUT2D eigenvalue weighted by molar-refractivity contribution is 6.32.